The van der Waals surface area contributed by atoms with Crippen molar-refractivity contribution in [1.82, 2.24) is 4.98 Å². The average Bonchev–Trinajstić information content (AvgIpc) is 2.46. The highest BCUT2D eigenvalue weighted by Crippen LogP contribution is 2.14. The summed E-state index contributed by atoms with van der Waals surface area (Å²) >= 11 is 0. The van der Waals surface area contributed by atoms with E-state index in [4.69, 9.17) is 5.11 Å². The van der Waals surface area contributed by atoms with Gasteiger partial charge in [0.15, 0.2) is 0 Å². The molecule has 0 saturated carbocycles. The number of carbonyl (C=O) groups is 1. The van der Waals surface area contributed by atoms with E-state index in [0.717, 1.165) is 0 Å². The Morgan fingerprint density at radius 2 is 2.10 bits per heavy atom. The van der Waals surface area contributed by atoms with E-state index in [2.05, 4.69) is 10.3 Å². The monoisotopic (exact) mass is 274 g/mol. The van der Waals surface area contributed by atoms with E-state index in [1.807, 2.05) is 6.92 Å². The molecule has 1 aromatic carbocycles. The van der Waals surface area contributed by atoms with Gasteiger partial charge in [0.1, 0.15) is 11.6 Å². The summed E-state index contributed by atoms with van der Waals surface area (Å²) in [5, 5.41) is 12.0. The Morgan fingerprint density at radius 3 is 2.75 bits per heavy atom. The van der Waals surface area contributed by atoms with Crippen LogP contribution in [0.3, 0.4) is 0 Å². The summed E-state index contributed by atoms with van der Waals surface area (Å²) in [5.74, 6) is -0.869. The molecule has 0 radical (unpaired) electrons. The quantitative estimate of drug-likeness (QED) is 0.879. The average molecular weight is 274 g/mol. The number of rotatable bonds is 5. The number of carboxylic acid groups (broad SMARTS) is 1. The maximum absolute atomic E-state index is 13.5. The molecule has 4 nitrogen and oxygen atoms in total. The lowest BCUT2D eigenvalue weighted by molar-refractivity contribution is 0.0696. The SMILES string of the molecule is CCc1cc(C(=O)O)cc(NCc2ccccc2F)n1. The largest absolute Gasteiger partial charge is 0.478 e. The van der Waals surface area contributed by atoms with Crippen molar-refractivity contribution in [2.45, 2.75) is 19.9 Å². The number of carboxylic acids is 1. The minimum absolute atomic E-state index is 0.174. The molecule has 20 heavy (non-hydrogen) atoms. The smallest absolute Gasteiger partial charge is 0.335 e. The van der Waals surface area contributed by atoms with Crippen LogP contribution >= 0.6 is 0 Å². The van der Waals surface area contributed by atoms with Crippen molar-refractivity contribution in [3.8, 4) is 0 Å². The summed E-state index contributed by atoms with van der Waals surface area (Å²) < 4.78 is 13.5. The van der Waals surface area contributed by atoms with Crippen LogP contribution < -0.4 is 5.32 Å². The molecule has 1 heterocycles. The van der Waals surface area contributed by atoms with E-state index in [9.17, 15) is 9.18 Å². The molecule has 2 rings (SSSR count). The van der Waals surface area contributed by atoms with Crippen LogP contribution in [-0.2, 0) is 13.0 Å². The van der Waals surface area contributed by atoms with Crippen LogP contribution in [0.1, 0.15) is 28.5 Å². The molecule has 0 amide bonds. The van der Waals surface area contributed by atoms with Crippen LogP contribution in [0.5, 0.6) is 0 Å². The fourth-order valence-electron chi connectivity index (χ4n) is 1.81. The van der Waals surface area contributed by atoms with Gasteiger partial charge in [0.2, 0.25) is 0 Å². The molecule has 0 spiro atoms. The van der Waals surface area contributed by atoms with Crippen molar-refractivity contribution in [3.63, 3.8) is 0 Å². The molecule has 5 heteroatoms. The third-order valence-corrected chi connectivity index (χ3v) is 2.91. The third-order valence-electron chi connectivity index (χ3n) is 2.91. The Hall–Kier alpha value is -2.43. The van der Waals surface area contributed by atoms with Gasteiger partial charge in [0.05, 0.1) is 5.56 Å². The molecule has 0 aliphatic heterocycles. The van der Waals surface area contributed by atoms with Gasteiger partial charge in [-0.3, -0.25) is 0 Å². The summed E-state index contributed by atoms with van der Waals surface area (Å²) in [4.78, 5) is 15.3. The molecule has 0 bridgehead atoms. The second-order valence-corrected chi connectivity index (χ2v) is 4.34. The van der Waals surface area contributed by atoms with Crippen molar-refractivity contribution < 1.29 is 14.3 Å². The first kappa shape index (κ1) is 14.0. The Kier molecular flexibility index (Phi) is 4.30. The molecular weight excluding hydrogens is 259 g/mol. The highest BCUT2D eigenvalue weighted by Gasteiger charge is 2.08. The standard InChI is InChI=1S/C15H15FN2O2/c1-2-12-7-11(15(19)20)8-14(18-12)17-9-10-5-3-4-6-13(10)16/h3-8H,2,9H2,1H3,(H,17,18)(H,19,20). The number of benzene rings is 1. The zero-order valence-electron chi connectivity index (χ0n) is 11.1. The predicted octanol–water partition coefficient (Wildman–Crippen LogP) is 3.09. The molecule has 2 N–H and O–H groups in total. The van der Waals surface area contributed by atoms with Crippen molar-refractivity contribution in [2.75, 3.05) is 5.32 Å². The van der Waals surface area contributed by atoms with E-state index in [1.165, 1.54) is 18.2 Å². The molecule has 104 valence electrons. The van der Waals surface area contributed by atoms with E-state index in [1.54, 1.807) is 18.2 Å². The lowest BCUT2D eigenvalue weighted by Crippen LogP contribution is -2.07. The number of nitrogens with zero attached hydrogens (tertiary/aromatic N) is 1. The Balaban J connectivity index is 2.19. The highest BCUT2D eigenvalue weighted by atomic mass is 19.1. The number of pyridine rings is 1. The number of hydrogen-bond donors (Lipinski definition) is 2. The van der Waals surface area contributed by atoms with E-state index >= 15 is 0 Å². The lowest BCUT2D eigenvalue weighted by Gasteiger charge is -2.09. The Bertz CT molecular complexity index is 629. The number of nitrogens with one attached hydrogen (secondary N) is 1. The minimum Gasteiger partial charge on any atom is -0.478 e. The van der Waals surface area contributed by atoms with E-state index < -0.39 is 5.97 Å². The Morgan fingerprint density at radius 1 is 1.35 bits per heavy atom. The molecule has 1 aromatic heterocycles. The number of halogens is 1. The first-order valence-electron chi connectivity index (χ1n) is 6.31. The van der Waals surface area contributed by atoms with Gasteiger partial charge in [-0.05, 0) is 24.6 Å². The summed E-state index contributed by atoms with van der Waals surface area (Å²) in [5.41, 5.74) is 1.36. The molecule has 0 aliphatic carbocycles. The normalized spacial score (nSPS) is 10.3. The molecule has 0 unspecified atom stereocenters. The molecule has 0 atom stereocenters. The predicted molar refractivity (Wildman–Crippen MR) is 74.3 cm³/mol. The Labute approximate surface area is 116 Å². The number of anilines is 1. The topological polar surface area (TPSA) is 62.2 Å². The molecule has 0 aliphatic rings. The number of aryl methyl sites for hydroxylation is 1. The lowest BCUT2D eigenvalue weighted by atomic mass is 10.2. The van der Waals surface area contributed by atoms with Gasteiger partial charge in [-0.15, -0.1) is 0 Å². The third kappa shape index (κ3) is 3.32. The van der Waals surface area contributed by atoms with Crippen molar-refractivity contribution >= 4 is 11.8 Å². The summed E-state index contributed by atoms with van der Waals surface area (Å²) in [6, 6.07) is 9.41. The minimum atomic E-state index is -1.00. The first-order valence-corrected chi connectivity index (χ1v) is 6.31. The second kappa shape index (κ2) is 6.14. The van der Waals surface area contributed by atoms with Crippen LogP contribution in [0.4, 0.5) is 10.2 Å². The van der Waals surface area contributed by atoms with Crippen LogP contribution in [0.25, 0.3) is 0 Å². The molecule has 0 fully saturated rings. The van der Waals surface area contributed by atoms with E-state index in [-0.39, 0.29) is 17.9 Å². The van der Waals surface area contributed by atoms with Gasteiger partial charge < -0.3 is 10.4 Å². The maximum Gasteiger partial charge on any atom is 0.335 e. The number of aromatic nitrogens is 1. The fourth-order valence-corrected chi connectivity index (χ4v) is 1.81. The van der Waals surface area contributed by atoms with Gasteiger partial charge in [-0.25, -0.2) is 14.2 Å². The number of aromatic carboxylic acids is 1. The zero-order valence-corrected chi connectivity index (χ0v) is 11.1. The fraction of sp³-hybridized carbons (Fsp3) is 0.200. The van der Waals surface area contributed by atoms with Gasteiger partial charge >= 0.3 is 5.97 Å². The van der Waals surface area contributed by atoms with E-state index in [0.29, 0.717) is 23.5 Å². The molecular formula is C15H15FN2O2. The van der Waals surface area contributed by atoms with Crippen LogP contribution in [0.15, 0.2) is 36.4 Å². The maximum atomic E-state index is 13.5. The van der Waals surface area contributed by atoms with Crippen LogP contribution in [0.2, 0.25) is 0 Å². The van der Waals surface area contributed by atoms with Crippen molar-refractivity contribution in [1.29, 1.82) is 0 Å². The summed E-state index contributed by atoms with van der Waals surface area (Å²) in [7, 11) is 0. The van der Waals surface area contributed by atoms with Crippen LogP contribution in [-0.4, -0.2) is 16.1 Å². The van der Waals surface area contributed by atoms with Gasteiger partial charge in [0, 0.05) is 17.8 Å². The molecule has 2 aromatic rings. The van der Waals surface area contributed by atoms with Crippen LogP contribution in [0, 0.1) is 5.82 Å². The molecule has 0 saturated heterocycles. The van der Waals surface area contributed by atoms with Gasteiger partial charge in [0.25, 0.3) is 0 Å². The van der Waals surface area contributed by atoms with Crippen molar-refractivity contribution in [2.24, 2.45) is 0 Å². The first-order chi connectivity index (χ1) is 9.60. The number of hydrogen-bond acceptors (Lipinski definition) is 3. The van der Waals surface area contributed by atoms with Crippen molar-refractivity contribution in [3.05, 3.63) is 59.0 Å². The second-order valence-electron chi connectivity index (χ2n) is 4.34. The zero-order chi connectivity index (χ0) is 14.5. The van der Waals surface area contributed by atoms with Gasteiger partial charge in [-0.2, -0.15) is 0 Å². The summed E-state index contributed by atoms with van der Waals surface area (Å²) in [6.07, 6.45) is 0.634. The van der Waals surface area contributed by atoms with Gasteiger partial charge in [-0.1, -0.05) is 25.1 Å². The summed E-state index contributed by atoms with van der Waals surface area (Å²) in [6.45, 7) is 2.15. The highest BCUT2D eigenvalue weighted by molar-refractivity contribution is 5.88.